The van der Waals surface area contributed by atoms with Crippen LogP contribution in [0.5, 0.6) is 0 Å². The highest BCUT2D eigenvalue weighted by atomic mass is 32.2. The largest absolute Gasteiger partial charge is 0.390 e. The highest BCUT2D eigenvalue weighted by Crippen LogP contribution is 2.22. The molecule has 0 radical (unpaired) electrons. The van der Waals surface area contributed by atoms with Gasteiger partial charge in [0.15, 0.2) is 0 Å². The first-order valence-electron chi connectivity index (χ1n) is 6.99. The molecule has 118 valence electrons. The second-order valence-corrected chi connectivity index (χ2v) is 7.50. The highest BCUT2D eigenvalue weighted by Gasteiger charge is 2.25. The lowest BCUT2D eigenvalue weighted by Gasteiger charge is -2.35. The maximum Gasteiger partial charge on any atom is 0.211 e. The Bertz CT molecular complexity index is 595. The molecule has 2 heterocycles. The number of hydrogen-bond acceptors (Lipinski definition) is 6. The summed E-state index contributed by atoms with van der Waals surface area (Å²) >= 11 is 0. The van der Waals surface area contributed by atoms with Crippen molar-refractivity contribution in [1.82, 2.24) is 14.3 Å². The van der Waals surface area contributed by atoms with E-state index in [1.54, 1.807) is 6.20 Å². The predicted octanol–water partition coefficient (Wildman–Crippen LogP) is 0.174. The molecule has 8 heteroatoms. The van der Waals surface area contributed by atoms with E-state index in [0.29, 0.717) is 37.7 Å². The molecule has 1 fully saturated rings. The van der Waals surface area contributed by atoms with E-state index in [1.807, 2.05) is 18.7 Å². The van der Waals surface area contributed by atoms with Crippen molar-refractivity contribution in [3.8, 4) is 0 Å². The molecule has 1 N–H and O–H groups in total. The van der Waals surface area contributed by atoms with Crippen LogP contribution in [0.1, 0.15) is 31.3 Å². The van der Waals surface area contributed by atoms with E-state index in [4.69, 9.17) is 0 Å². The minimum Gasteiger partial charge on any atom is -0.390 e. The van der Waals surface area contributed by atoms with Crippen LogP contribution in [0.15, 0.2) is 6.20 Å². The first-order chi connectivity index (χ1) is 9.82. The molecule has 1 aromatic heterocycles. The summed E-state index contributed by atoms with van der Waals surface area (Å²) in [7, 11) is -3.14. The van der Waals surface area contributed by atoms with Crippen molar-refractivity contribution in [2.75, 3.05) is 37.3 Å². The summed E-state index contributed by atoms with van der Waals surface area (Å²) in [4.78, 5) is 10.8. The molecule has 0 unspecified atom stereocenters. The minimum absolute atomic E-state index is 0.149. The summed E-state index contributed by atoms with van der Waals surface area (Å²) < 4.78 is 24.5. The standard InChI is InChI=1S/C13H22N4O3S/c1-10(2)13-14-8-12(11(9-18)15-13)16-4-6-17(7-5-16)21(3,19)20/h8,10,18H,4-7,9H2,1-3H3. The summed E-state index contributed by atoms with van der Waals surface area (Å²) in [6, 6.07) is 0. The zero-order valence-corrected chi connectivity index (χ0v) is 13.5. The van der Waals surface area contributed by atoms with Crippen molar-refractivity contribution in [2.45, 2.75) is 26.4 Å². The van der Waals surface area contributed by atoms with Crippen LogP contribution in [0.25, 0.3) is 0 Å². The van der Waals surface area contributed by atoms with E-state index in [0.717, 1.165) is 5.69 Å². The number of hydrogen-bond donors (Lipinski definition) is 1. The second kappa shape index (κ2) is 6.25. The molecule has 1 saturated heterocycles. The lowest BCUT2D eigenvalue weighted by atomic mass is 10.2. The average molecular weight is 314 g/mol. The quantitative estimate of drug-likeness (QED) is 0.853. The Kier molecular flexibility index (Phi) is 4.80. The number of rotatable bonds is 4. The van der Waals surface area contributed by atoms with Gasteiger partial charge < -0.3 is 10.0 Å². The normalized spacial score (nSPS) is 17.5. The van der Waals surface area contributed by atoms with E-state index in [2.05, 4.69) is 9.97 Å². The third kappa shape index (κ3) is 3.69. The molecular weight excluding hydrogens is 292 g/mol. The van der Waals surface area contributed by atoms with Gasteiger partial charge in [0.25, 0.3) is 0 Å². The van der Waals surface area contributed by atoms with Crippen LogP contribution in [0.3, 0.4) is 0 Å². The monoisotopic (exact) mass is 314 g/mol. The number of aliphatic hydroxyl groups is 1. The number of aliphatic hydroxyl groups excluding tert-OH is 1. The first kappa shape index (κ1) is 16.1. The summed E-state index contributed by atoms with van der Waals surface area (Å²) in [6.45, 7) is 5.88. The minimum atomic E-state index is -3.14. The molecule has 1 aromatic rings. The van der Waals surface area contributed by atoms with E-state index < -0.39 is 10.0 Å². The smallest absolute Gasteiger partial charge is 0.211 e. The zero-order valence-electron chi connectivity index (χ0n) is 12.7. The van der Waals surface area contributed by atoms with Crippen molar-refractivity contribution in [3.63, 3.8) is 0 Å². The summed E-state index contributed by atoms with van der Waals surface area (Å²) in [5.74, 6) is 0.906. The Hall–Kier alpha value is -1.25. The van der Waals surface area contributed by atoms with Gasteiger partial charge in [-0.3, -0.25) is 0 Å². The topological polar surface area (TPSA) is 86.6 Å². The van der Waals surface area contributed by atoms with E-state index >= 15 is 0 Å². The van der Waals surface area contributed by atoms with Gasteiger partial charge in [0, 0.05) is 32.1 Å². The van der Waals surface area contributed by atoms with Gasteiger partial charge >= 0.3 is 0 Å². The summed E-state index contributed by atoms with van der Waals surface area (Å²) in [5, 5.41) is 9.51. The number of anilines is 1. The number of nitrogens with zero attached hydrogens (tertiary/aromatic N) is 4. The molecule has 0 saturated carbocycles. The van der Waals surface area contributed by atoms with E-state index in [9.17, 15) is 13.5 Å². The van der Waals surface area contributed by atoms with Gasteiger partial charge in [0.1, 0.15) is 5.82 Å². The fourth-order valence-corrected chi connectivity index (χ4v) is 3.17. The van der Waals surface area contributed by atoms with E-state index in [-0.39, 0.29) is 12.5 Å². The average Bonchev–Trinajstić information content (AvgIpc) is 2.45. The molecule has 21 heavy (non-hydrogen) atoms. The van der Waals surface area contributed by atoms with Crippen LogP contribution in [-0.4, -0.2) is 60.2 Å². The number of sulfonamides is 1. The second-order valence-electron chi connectivity index (χ2n) is 5.52. The predicted molar refractivity (Wildman–Crippen MR) is 80.7 cm³/mol. The Morgan fingerprint density at radius 2 is 1.90 bits per heavy atom. The molecule has 0 spiro atoms. The molecule has 0 bridgehead atoms. The molecule has 0 aliphatic carbocycles. The van der Waals surface area contributed by atoms with Gasteiger partial charge in [-0.15, -0.1) is 0 Å². The van der Waals surface area contributed by atoms with Gasteiger partial charge in [0.05, 0.1) is 30.4 Å². The fourth-order valence-electron chi connectivity index (χ4n) is 2.35. The molecule has 1 aliphatic heterocycles. The van der Waals surface area contributed by atoms with Crippen molar-refractivity contribution < 1.29 is 13.5 Å². The maximum atomic E-state index is 11.5. The van der Waals surface area contributed by atoms with Crippen molar-refractivity contribution in [3.05, 3.63) is 17.7 Å². The van der Waals surface area contributed by atoms with Crippen LogP contribution in [0.2, 0.25) is 0 Å². The summed E-state index contributed by atoms with van der Waals surface area (Å²) in [5.41, 5.74) is 1.39. The third-order valence-corrected chi connectivity index (χ3v) is 4.88. The molecule has 0 amide bonds. The number of piperazine rings is 1. The Morgan fingerprint density at radius 3 is 2.38 bits per heavy atom. The van der Waals surface area contributed by atoms with Crippen LogP contribution < -0.4 is 4.90 Å². The zero-order chi connectivity index (χ0) is 15.6. The molecule has 0 aromatic carbocycles. The fraction of sp³-hybridized carbons (Fsp3) is 0.692. The van der Waals surface area contributed by atoms with Gasteiger partial charge in [-0.1, -0.05) is 13.8 Å². The lowest BCUT2D eigenvalue weighted by molar-refractivity contribution is 0.275. The Balaban J connectivity index is 2.17. The third-order valence-electron chi connectivity index (χ3n) is 3.58. The Labute approximate surface area is 125 Å². The molecule has 1 aliphatic rings. The van der Waals surface area contributed by atoms with Crippen molar-refractivity contribution >= 4 is 15.7 Å². The highest BCUT2D eigenvalue weighted by molar-refractivity contribution is 7.88. The summed E-state index contributed by atoms with van der Waals surface area (Å²) in [6.07, 6.45) is 2.95. The molecular formula is C13H22N4O3S. The molecule has 7 nitrogen and oxygen atoms in total. The molecule has 0 atom stereocenters. The lowest BCUT2D eigenvalue weighted by Crippen LogP contribution is -2.48. The van der Waals surface area contributed by atoms with Gasteiger partial charge in [-0.25, -0.2) is 18.4 Å². The number of aromatic nitrogens is 2. The van der Waals surface area contributed by atoms with Crippen LogP contribution >= 0.6 is 0 Å². The van der Waals surface area contributed by atoms with Crippen molar-refractivity contribution in [2.24, 2.45) is 0 Å². The van der Waals surface area contributed by atoms with Crippen LogP contribution in [-0.2, 0) is 16.6 Å². The van der Waals surface area contributed by atoms with E-state index in [1.165, 1.54) is 10.6 Å². The van der Waals surface area contributed by atoms with Gasteiger partial charge in [0.2, 0.25) is 10.0 Å². The first-order valence-corrected chi connectivity index (χ1v) is 8.84. The van der Waals surface area contributed by atoms with Crippen LogP contribution in [0.4, 0.5) is 5.69 Å². The molecule has 2 rings (SSSR count). The van der Waals surface area contributed by atoms with Gasteiger partial charge in [-0.2, -0.15) is 4.31 Å². The van der Waals surface area contributed by atoms with Gasteiger partial charge in [-0.05, 0) is 0 Å². The van der Waals surface area contributed by atoms with Crippen LogP contribution in [0, 0.1) is 0 Å². The SMILES string of the molecule is CC(C)c1ncc(N2CCN(S(C)(=O)=O)CC2)c(CO)n1. The Morgan fingerprint density at radius 1 is 1.29 bits per heavy atom. The maximum absolute atomic E-state index is 11.5. The van der Waals surface area contributed by atoms with Crippen molar-refractivity contribution in [1.29, 1.82) is 0 Å².